The number of amides is 1. The number of nitrogens with one attached hydrogen (secondary N) is 1. The summed E-state index contributed by atoms with van der Waals surface area (Å²) >= 11 is 1.50. The Kier molecular flexibility index (Phi) is 5.89. The van der Waals surface area contributed by atoms with E-state index in [9.17, 15) is 9.59 Å². The van der Waals surface area contributed by atoms with Gasteiger partial charge in [-0.1, -0.05) is 37.3 Å². The number of ether oxygens (including phenoxy) is 1. The van der Waals surface area contributed by atoms with Gasteiger partial charge in [0.15, 0.2) is 0 Å². The quantitative estimate of drug-likeness (QED) is 0.614. The van der Waals surface area contributed by atoms with Crippen LogP contribution in [-0.4, -0.2) is 18.5 Å². The van der Waals surface area contributed by atoms with Crippen molar-refractivity contribution in [1.29, 1.82) is 0 Å². The molecule has 0 saturated heterocycles. The molecule has 4 nitrogen and oxygen atoms in total. The summed E-state index contributed by atoms with van der Waals surface area (Å²) in [6.07, 6.45) is 6.11. The standard InChI is InChI=1S/C21H23NO3S/c1-3-25-21(24)19-16-11-9-14(2)13-17(16)26-20(19)22-18(23)12-10-15-7-5-4-6-8-15/h4-8,10,12,14H,3,9,11,13H2,1-2H3,(H,22,23). The van der Waals surface area contributed by atoms with E-state index in [4.69, 9.17) is 4.74 Å². The molecular formula is C21H23NO3S. The molecule has 1 aromatic heterocycles. The van der Waals surface area contributed by atoms with Gasteiger partial charge in [-0.25, -0.2) is 4.79 Å². The number of hydrogen-bond donors (Lipinski definition) is 1. The molecule has 0 fully saturated rings. The Balaban J connectivity index is 1.83. The SMILES string of the molecule is CCOC(=O)c1c(NC(=O)C=Cc2ccccc2)sc2c1CCC(C)C2. The Morgan fingerprint density at radius 2 is 2.08 bits per heavy atom. The number of hydrogen-bond acceptors (Lipinski definition) is 4. The molecule has 26 heavy (non-hydrogen) atoms. The van der Waals surface area contributed by atoms with E-state index < -0.39 is 0 Å². The summed E-state index contributed by atoms with van der Waals surface area (Å²) in [6, 6.07) is 9.63. The first-order valence-electron chi connectivity index (χ1n) is 8.94. The Bertz CT molecular complexity index is 823. The number of rotatable bonds is 5. The molecule has 0 saturated carbocycles. The zero-order valence-electron chi connectivity index (χ0n) is 15.1. The summed E-state index contributed by atoms with van der Waals surface area (Å²) < 4.78 is 5.23. The van der Waals surface area contributed by atoms with E-state index in [2.05, 4.69) is 12.2 Å². The van der Waals surface area contributed by atoms with Gasteiger partial charge in [0.25, 0.3) is 0 Å². The van der Waals surface area contributed by atoms with Crippen LogP contribution in [0.1, 0.15) is 46.6 Å². The fourth-order valence-electron chi connectivity index (χ4n) is 3.15. The molecule has 1 amide bonds. The highest BCUT2D eigenvalue weighted by molar-refractivity contribution is 7.17. The van der Waals surface area contributed by atoms with Gasteiger partial charge in [-0.05, 0) is 49.3 Å². The lowest BCUT2D eigenvalue weighted by molar-refractivity contribution is -0.111. The molecule has 1 N–H and O–H groups in total. The summed E-state index contributed by atoms with van der Waals surface area (Å²) in [4.78, 5) is 26.0. The van der Waals surface area contributed by atoms with Gasteiger partial charge in [0.1, 0.15) is 5.00 Å². The molecule has 1 aromatic carbocycles. The van der Waals surface area contributed by atoms with Crippen LogP contribution in [0.4, 0.5) is 5.00 Å². The topological polar surface area (TPSA) is 55.4 Å². The van der Waals surface area contributed by atoms with Crippen molar-refractivity contribution in [1.82, 2.24) is 0 Å². The second-order valence-electron chi connectivity index (χ2n) is 6.51. The highest BCUT2D eigenvalue weighted by atomic mass is 32.1. The van der Waals surface area contributed by atoms with Crippen LogP contribution in [0, 0.1) is 5.92 Å². The lowest BCUT2D eigenvalue weighted by Crippen LogP contribution is -2.15. The fraction of sp³-hybridized carbons (Fsp3) is 0.333. The molecule has 3 rings (SSSR count). The maximum Gasteiger partial charge on any atom is 0.341 e. The van der Waals surface area contributed by atoms with Crippen LogP contribution >= 0.6 is 11.3 Å². The van der Waals surface area contributed by atoms with Crippen LogP contribution in [-0.2, 0) is 22.4 Å². The second kappa shape index (κ2) is 8.32. The molecule has 136 valence electrons. The Hall–Kier alpha value is -2.40. The van der Waals surface area contributed by atoms with Gasteiger partial charge in [-0.3, -0.25) is 4.79 Å². The molecule has 1 aliphatic rings. The lowest BCUT2D eigenvalue weighted by atomic mass is 9.88. The van der Waals surface area contributed by atoms with Crippen molar-refractivity contribution in [3.05, 3.63) is 58.0 Å². The number of esters is 1. The van der Waals surface area contributed by atoms with Crippen molar-refractivity contribution >= 4 is 34.3 Å². The number of anilines is 1. The molecule has 0 aliphatic heterocycles. The van der Waals surface area contributed by atoms with Crippen molar-refractivity contribution in [3.63, 3.8) is 0 Å². The summed E-state index contributed by atoms with van der Waals surface area (Å²) in [5.41, 5.74) is 2.54. The molecule has 1 aliphatic carbocycles. The monoisotopic (exact) mass is 369 g/mol. The fourth-order valence-corrected chi connectivity index (χ4v) is 4.55. The van der Waals surface area contributed by atoms with Gasteiger partial charge in [0, 0.05) is 11.0 Å². The average molecular weight is 369 g/mol. The Labute approximate surface area is 157 Å². The summed E-state index contributed by atoms with van der Waals surface area (Å²) in [7, 11) is 0. The van der Waals surface area contributed by atoms with E-state index in [0.717, 1.165) is 30.4 Å². The minimum atomic E-state index is -0.345. The minimum absolute atomic E-state index is 0.244. The van der Waals surface area contributed by atoms with Crippen molar-refractivity contribution in [3.8, 4) is 0 Å². The largest absolute Gasteiger partial charge is 0.462 e. The van der Waals surface area contributed by atoms with Crippen molar-refractivity contribution in [2.45, 2.75) is 33.1 Å². The number of carbonyl (C=O) groups is 2. The molecule has 5 heteroatoms. The van der Waals surface area contributed by atoms with Gasteiger partial charge in [-0.2, -0.15) is 0 Å². The van der Waals surface area contributed by atoms with Crippen LogP contribution in [0.3, 0.4) is 0 Å². The number of carbonyl (C=O) groups excluding carboxylic acids is 2. The van der Waals surface area contributed by atoms with Crippen LogP contribution in [0.25, 0.3) is 6.08 Å². The number of thiophene rings is 1. The first-order valence-corrected chi connectivity index (χ1v) is 9.76. The smallest absolute Gasteiger partial charge is 0.341 e. The van der Waals surface area contributed by atoms with Crippen molar-refractivity contribution in [2.75, 3.05) is 11.9 Å². The molecule has 0 bridgehead atoms. The van der Waals surface area contributed by atoms with E-state index in [-0.39, 0.29) is 11.9 Å². The van der Waals surface area contributed by atoms with Crippen LogP contribution in [0.5, 0.6) is 0 Å². The Morgan fingerprint density at radius 1 is 1.31 bits per heavy atom. The van der Waals surface area contributed by atoms with E-state index in [1.165, 1.54) is 22.3 Å². The van der Waals surface area contributed by atoms with Gasteiger partial charge in [0.05, 0.1) is 12.2 Å². The highest BCUT2D eigenvalue weighted by Crippen LogP contribution is 2.40. The first kappa shape index (κ1) is 18.4. The van der Waals surface area contributed by atoms with Crippen molar-refractivity contribution < 1.29 is 14.3 Å². The molecule has 0 spiro atoms. The molecule has 1 heterocycles. The maximum absolute atomic E-state index is 12.5. The van der Waals surface area contributed by atoms with Crippen molar-refractivity contribution in [2.24, 2.45) is 5.92 Å². The van der Waals surface area contributed by atoms with E-state index in [1.54, 1.807) is 13.0 Å². The maximum atomic E-state index is 12.5. The lowest BCUT2D eigenvalue weighted by Gasteiger charge is -2.18. The van der Waals surface area contributed by atoms with Crippen LogP contribution < -0.4 is 5.32 Å². The van der Waals surface area contributed by atoms with E-state index in [0.29, 0.717) is 23.1 Å². The van der Waals surface area contributed by atoms with Gasteiger partial charge >= 0.3 is 5.97 Å². The molecule has 1 unspecified atom stereocenters. The Morgan fingerprint density at radius 3 is 2.81 bits per heavy atom. The van der Waals surface area contributed by atoms with Gasteiger partial charge in [-0.15, -0.1) is 11.3 Å². The summed E-state index contributed by atoms with van der Waals surface area (Å²) in [5, 5.41) is 3.49. The third-order valence-corrected chi connectivity index (χ3v) is 5.62. The second-order valence-corrected chi connectivity index (χ2v) is 7.61. The molecule has 0 radical (unpaired) electrons. The first-order chi connectivity index (χ1) is 12.6. The summed E-state index contributed by atoms with van der Waals surface area (Å²) in [5.74, 6) is 0.00524. The van der Waals surface area contributed by atoms with Gasteiger partial charge in [0.2, 0.25) is 5.91 Å². The van der Waals surface area contributed by atoms with Crippen LogP contribution in [0.2, 0.25) is 0 Å². The number of benzene rings is 1. The molecular weight excluding hydrogens is 346 g/mol. The average Bonchev–Trinajstić information content (AvgIpc) is 2.98. The zero-order chi connectivity index (χ0) is 18.5. The van der Waals surface area contributed by atoms with E-state index in [1.807, 2.05) is 30.3 Å². The third kappa shape index (κ3) is 4.22. The molecule has 2 aromatic rings. The predicted molar refractivity (Wildman–Crippen MR) is 106 cm³/mol. The van der Waals surface area contributed by atoms with Crippen LogP contribution in [0.15, 0.2) is 36.4 Å². The van der Waals surface area contributed by atoms with Gasteiger partial charge < -0.3 is 10.1 Å². The number of fused-ring (bicyclic) bond motifs is 1. The normalized spacial score (nSPS) is 16.3. The van der Waals surface area contributed by atoms with E-state index >= 15 is 0 Å². The highest BCUT2D eigenvalue weighted by Gasteiger charge is 2.28. The minimum Gasteiger partial charge on any atom is -0.462 e. The zero-order valence-corrected chi connectivity index (χ0v) is 15.9. The summed E-state index contributed by atoms with van der Waals surface area (Å²) in [6.45, 7) is 4.33. The third-order valence-electron chi connectivity index (χ3n) is 4.45. The molecule has 1 atom stereocenters. The predicted octanol–water partition coefficient (Wildman–Crippen LogP) is 4.70.